The third-order valence-corrected chi connectivity index (χ3v) is 6.59. The molecule has 1 unspecified atom stereocenters. The van der Waals surface area contributed by atoms with Crippen molar-refractivity contribution in [2.45, 2.75) is 50.4 Å². The summed E-state index contributed by atoms with van der Waals surface area (Å²) >= 11 is 1.73. The van der Waals surface area contributed by atoms with Gasteiger partial charge in [-0.2, -0.15) is 0 Å². The lowest BCUT2D eigenvalue weighted by Crippen LogP contribution is -2.42. The molecule has 0 N–H and O–H groups in total. The van der Waals surface area contributed by atoms with Crippen molar-refractivity contribution in [3.8, 4) is 0 Å². The van der Waals surface area contributed by atoms with Gasteiger partial charge in [0, 0.05) is 17.2 Å². The highest BCUT2D eigenvalue weighted by atomic mass is 32.1. The lowest BCUT2D eigenvalue weighted by Gasteiger charge is -2.35. The zero-order chi connectivity index (χ0) is 16.9. The van der Waals surface area contributed by atoms with E-state index < -0.39 is 5.41 Å². The van der Waals surface area contributed by atoms with Crippen molar-refractivity contribution in [1.29, 1.82) is 0 Å². The number of carbonyl (C=O) groups excluding carboxylic acids is 1. The molecule has 3 nitrogen and oxygen atoms in total. The Morgan fingerprint density at radius 3 is 2.92 bits per heavy atom. The van der Waals surface area contributed by atoms with Crippen LogP contribution in [0.25, 0.3) is 0 Å². The lowest BCUT2D eigenvalue weighted by molar-refractivity contribution is -0.148. The molecule has 1 aromatic carbocycles. The summed E-state index contributed by atoms with van der Waals surface area (Å²) < 4.78 is 19.3. The Morgan fingerprint density at radius 1 is 1.42 bits per heavy atom. The van der Waals surface area contributed by atoms with Crippen LogP contribution in [0, 0.1) is 12.7 Å². The number of methoxy groups -OCH3 is 1. The van der Waals surface area contributed by atoms with Gasteiger partial charge in [0.2, 0.25) is 0 Å². The number of carbonyl (C=O) groups is 1. The molecule has 0 radical (unpaired) electrons. The molecular formula is C19H20FNO2S. The Hall–Kier alpha value is -1.75. The molecule has 2 aromatic rings. The van der Waals surface area contributed by atoms with E-state index in [2.05, 4.69) is 0 Å². The molecule has 1 saturated carbocycles. The first-order chi connectivity index (χ1) is 11.5. The summed E-state index contributed by atoms with van der Waals surface area (Å²) in [6.07, 6.45) is 4.35. The van der Waals surface area contributed by atoms with Crippen LogP contribution in [0.15, 0.2) is 18.2 Å². The van der Waals surface area contributed by atoms with Crippen LogP contribution in [0.2, 0.25) is 0 Å². The second-order valence-corrected chi connectivity index (χ2v) is 7.97. The van der Waals surface area contributed by atoms with Gasteiger partial charge in [-0.05, 0) is 49.8 Å². The van der Waals surface area contributed by atoms with Gasteiger partial charge < -0.3 is 4.74 Å². The average molecular weight is 345 g/mol. The number of esters is 1. The van der Waals surface area contributed by atoms with Crippen LogP contribution in [0.5, 0.6) is 0 Å². The van der Waals surface area contributed by atoms with Crippen LogP contribution in [0.4, 0.5) is 4.39 Å². The summed E-state index contributed by atoms with van der Waals surface area (Å²) in [4.78, 5) is 18.7. The van der Waals surface area contributed by atoms with Crippen molar-refractivity contribution in [1.82, 2.24) is 4.98 Å². The van der Waals surface area contributed by atoms with Gasteiger partial charge in [0.25, 0.3) is 0 Å². The van der Waals surface area contributed by atoms with E-state index in [1.165, 1.54) is 31.0 Å². The van der Waals surface area contributed by atoms with Crippen LogP contribution in [-0.4, -0.2) is 18.1 Å². The number of hydrogen-bond donors (Lipinski definition) is 0. The quantitative estimate of drug-likeness (QED) is 0.787. The molecule has 0 spiro atoms. The molecule has 24 heavy (non-hydrogen) atoms. The number of fused-ring (bicyclic) bond motifs is 1. The minimum absolute atomic E-state index is 0.274. The maximum Gasteiger partial charge on any atom is 0.316 e. The summed E-state index contributed by atoms with van der Waals surface area (Å²) in [6.45, 7) is 1.74. The molecule has 2 aliphatic rings. The molecule has 1 heterocycles. The standard InChI is InChI=1S/C19H20FNO2S/c1-11-13(4-3-5-14(11)20)19(18(22)23-2)9-8-15-16(10-19)24-17(21-15)12-6-7-12/h3-5,12H,6-10H2,1-2H3. The summed E-state index contributed by atoms with van der Waals surface area (Å²) in [7, 11) is 1.41. The van der Waals surface area contributed by atoms with Gasteiger partial charge in [0.1, 0.15) is 5.82 Å². The smallest absolute Gasteiger partial charge is 0.316 e. The molecule has 1 atom stereocenters. The Morgan fingerprint density at radius 2 is 2.21 bits per heavy atom. The van der Waals surface area contributed by atoms with Crippen molar-refractivity contribution in [2.24, 2.45) is 0 Å². The highest BCUT2D eigenvalue weighted by Crippen LogP contribution is 2.47. The van der Waals surface area contributed by atoms with E-state index in [-0.39, 0.29) is 11.8 Å². The fourth-order valence-corrected chi connectivity index (χ4v) is 5.17. The molecule has 1 aromatic heterocycles. The van der Waals surface area contributed by atoms with E-state index in [1.54, 1.807) is 24.3 Å². The highest BCUT2D eigenvalue weighted by molar-refractivity contribution is 7.11. The van der Waals surface area contributed by atoms with Gasteiger partial charge in [-0.25, -0.2) is 9.37 Å². The van der Waals surface area contributed by atoms with Crippen molar-refractivity contribution < 1.29 is 13.9 Å². The summed E-state index contributed by atoms with van der Waals surface area (Å²) in [5.74, 6) is 0.0665. The Kier molecular flexibility index (Phi) is 3.71. The Balaban J connectivity index is 1.80. The fourth-order valence-electron chi connectivity index (χ4n) is 3.77. The molecular weight excluding hydrogens is 325 g/mol. The Bertz CT molecular complexity index is 812. The minimum atomic E-state index is -0.804. The fraction of sp³-hybridized carbons (Fsp3) is 0.474. The molecule has 0 amide bonds. The first-order valence-corrected chi connectivity index (χ1v) is 9.19. The van der Waals surface area contributed by atoms with E-state index in [0.717, 1.165) is 22.6 Å². The third kappa shape index (κ3) is 2.37. The van der Waals surface area contributed by atoms with Crippen molar-refractivity contribution in [2.75, 3.05) is 7.11 Å². The van der Waals surface area contributed by atoms with E-state index >= 15 is 0 Å². The normalized spacial score (nSPS) is 23.0. The summed E-state index contributed by atoms with van der Waals surface area (Å²) in [6, 6.07) is 4.99. The lowest BCUT2D eigenvalue weighted by atomic mass is 9.69. The number of thiazole rings is 1. The summed E-state index contributed by atoms with van der Waals surface area (Å²) in [5.41, 5.74) is 1.61. The molecule has 0 aliphatic heterocycles. The summed E-state index contributed by atoms with van der Waals surface area (Å²) in [5, 5.41) is 1.21. The van der Waals surface area contributed by atoms with Crippen LogP contribution in [0.1, 0.15) is 51.9 Å². The van der Waals surface area contributed by atoms with Crippen LogP contribution in [0.3, 0.4) is 0 Å². The van der Waals surface area contributed by atoms with Crippen molar-refractivity contribution in [3.05, 3.63) is 50.7 Å². The van der Waals surface area contributed by atoms with Crippen molar-refractivity contribution >= 4 is 17.3 Å². The van der Waals surface area contributed by atoms with Gasteiger partial charge in [0.15, 0.2) is 0 Å². The predicted octanol–water partition coefficient (Wildman–Crippen LogP) is 4.07. The number of aryl methyl sites for hydroxylation is 1. The molecule has 0 bridgehead atoms. The van der Waals surface area contributed by atoms with Gasteiger partial charge in [-0.15, -0.1) is 11.3 Å². The maximum absolute atomic E-state index is 14.1. The predicted molar refractivity (Wildman–Crippen MR) is 90.9 cm³/mol. The molecule has 4 rings (SSSR count). The molecule has 5 heteroatoms. The van der Waals surface area contributed by atoms with Crippen LogP contribution in [-0.2, 0) is 27.8 Å². The molecule has 0 saturated heterocycles. The second-order valence-electron chi connectivity index (χ2n) is 6.86. The maximum atomic E-state index is 14.1. The van der Waals surface area contributed by atoms with Gasteiger partial charge in [-0.3, -0.25) is 4.79 Å². The topological polar surface area (TPSA) is 39.2 Å². The van der Waals surface area contributed by atoms with Crippen molar-refractivity contribution in [3.63, 3.8) is 0 Å². The number of hydrogen-bond acceptors (Lipinski definition) is 4. The van der Waals surface area contributed by atoms with Gasteiger partial charge in [-0.1, -0.05) is 12.1 Å². The molecule has 2 aliphatic carbocycles. The SMILES string of the molecule is COC(=O)C1(c2cccc(F)c2C)CCc2nc(C3CC3)sc2C1. The number of rotatable bonds is 3. The van der Waals surface area contributed by atoms with E-state index in [1.807, 2.05) is 6.07 Å². The number of ether oxygens (including phenoxy) is 1. The van der Waals surface area contributed by atoms with E-state index in [0.29, 0.717) is 24.3 Å². The highest BCUT2D eigenvalue weighted by Gasteiger charge is 2.46. The van der Waals surface area contributed by atoms with E-state index in [4.69, 9.17) is 9.72 Å². The van der Waals surface area contributed by atoms with Gasteiger partial charge in [0.05, 0.1) is 23.2 Å². The number of halogens is 1. The third-order valence-electron chi connectivity index (χ3n) is 5.33. The van der Waals surface area contributed by atoms with Gasteiger partial charge >= 0.3 is 5.97 Å². The van der Waals surface area contributed by atoms with Crippen LogP contribution < -0.4 is 0 Å². The van der Waals surface area contributed by atoms with E-state index in [9.17, 15) is 9.18 Å². The largest absolute Gasteiger partial charge is 0.468 e. The zero-order valence-electron chi connectivity index (χ0n) is 13.9. The molecule has 126 valence electrons. The average Bonchev–Trinajstić information content (AvgIpc) is 3.35. The Labute approximate surface area is 144 Å². The second kappa shape index (κ2) is 5.66. The van der Waals surface area contributed by atoms with Crippen LogP contribution >= 0.6 is 11.3 Å². The first-order valence-electron chi connectivity index (χ1n) is 8.37. The minimum Gasteiger partial charge on any atom is -0.468 e. The first kappa shape index (κ1) is 15.8. The number of nitrogens with zero attached hydrogens (tertiary/aromatic N) is 1. The zero-order valence-corrected chi connectivity index (χ0v) is 14.7. The monoisotopic (exact) mass is 345 g/mol. The number of aromatic nitrogens is 1. The number of benzene rings is 1. The molecule has 1 fully saturated rings.